The summed E-state index contributed by atoms with van der Waals surface area (Å²) in [6.07, 6.45) is 6.88. The molecule has 0 saturated heterocycles. The van der Waals surface area contributed by atoms with Gasteiger partial charge in [0.15, 0.2) is 0 Å². The largest absolute Gasteiger partial charge is 0.308 e. The van der Waals surface area contributed by atoms with Crippen LogP contribution in [-0.4, -0.2) is 49.9 Å². The molecule has 11 aromatic rings. The summed E-state index contributed by atoms with van der Waals surface area (Å²) in [5, 5.41) is 41.9. The van der Waals surface area contributed by atoms with Gasteiger partial charge in [-0.25, -0.2) is 0 Å². The van der Waals surface area contributed by atoms with Crippen molar-refractivity contribution in [2.24, 2.45) is 0 Å². The lowest BCUT2D eigenvalue weighted by Crippen LogP contribution is -2.09. The molecule has 0 aliphatic heterocycles. The molecule has 10 nitrogen and oxygen atoms in total. The topological polar surface area (TPSA) is 113 Å². The first-order valence-corrected chi connectivity index (χ1v) is 21.2. The van der Waals surface area contributed by atoms with Gasteiger partial charge in [0.25, 0.3) is 0 Å². The molecular formula is C54H34N10. The quantitative estimate of drug-likeness (QED) is 0.163. The lowest BCUT2D eigenvalue weighted by molar-refractivity contribution is 1.00. The Hall–Kier alpha value is -8.76. The molecule has 6 aromatic heterocycles. The van der Waals surface area contributed by atoms with Crippen molar-refractivity contribution in [1.82, 2.24) is 49.9 Å². The summed E-state index contributed by atoms with van der Waals surface area (Å²) in [5.41, 5.74) is 19.2. The third-order valence-electron chi connectivity index (χ3n) is 12.9. The van der Waals surface area contributed by atoms with Crippen LogP contribution in [0.15, 0.2) is 176 Å². The van der Waals surface area contributed by atoms with Crippen molar-refractivity contribution >= 4 is 71.7 Å². The molecule has 0 amide bonds. The van der Waals surface area contributed by atoms with Crippen LogP contribution in [-0.2, 0) is 0 Å². The zero-order chi connectivity index (χ0) is 42.5. The molecule has 0 bridgehead atoms. The van der Waals surface area contributed by atoms with Crippen LogP contribution >= 0.6 is 0 Å². The third kappa shape index (κ3) is 4.95. The average Bonchev–Trinajstić information content (AvgIpc) is 4.08. The minimum Gasteiger partial charge on any atom is -0.308 e. The second-order valence-corrected chi connectivity index (χ2v) is 16.1. The van der Waals surface area contributed by atoms with Crippen molar-refractivity contribution < 1.29 is 0 Å². The van der Waals surface area contributed by atoms with Crippen LogP contribution in [0.4, 0.5) is 0 Å². The number of fused-ring (bicyclic) bond motifs is 9. The summed E-state index contributed by atoms with van der Waals surface area (Å²) in [4.78, 5) is 0. The van der Waals surface area contributed by atoms with Crippen molar-refractivity contribution in [3.8, 4) is 22.5 Å². The van der Waals surface area contributed by atoms with Gasteiger partial charge in [0.1, 0.15) is 0 Å². The first kappa shape index (κ1) is 35.9. The highest BCUT2D eigenvalue weighted by atomic mass is 15.1. The Balaban J connectivity index is 1.34. The fourth-order valence-corrected chi connectivity index (χ4v) is 10.5. The highest BCUT2D eigenvalue weighted by Gasteiger charge is 2.46. The number of benzene rings is 5. The Kier molecular flexibility index (Phi) is 7.80. The number of para-hydroxylation sites is 4. The maximum Gasteiger partial charge on any atom is 0.0958 e. The highest BCUT2D eigenvalue weighted by molar-refractivity contribution is 6.38. The van der Waals surface area contributed by atoms with E-state index in [1.165, 1.54) is 0 Å². The van der Waals surface area contributed by atoms with Crippen LogP contribution in [0.5, 0.6) is 0 Å². The fourth-order valence-electron chi connectivity index (χ4n) is 10.5. The Bertz CT molecular complexity index is 3720. The molecule has 0 spiro atoms. The molecule has 13 rings (SSSR count). The fraction of sp³-hybridized carbons (Fsp3) is 0.0370. The van der Waals surface area contributed by atoms with E-state index in [0.717, 1.165) is 133 Å². The van der Waals surface area contributed by atoms with Gasteiger partial charge < -0.3 is 9.13 Å². The van der Waals surface area contributed by atoms with E-state index in [-0.39, 0.29) is 0 Å². The van der Waals surface area contributed by atoms with Crippen molar-refractivity contribution in [1.29, 1.82) is 0 Å². The van der Waals surface area contributed by atoms with Gasteiger partial charge in [0.05, 0.1) is 56.2 Å². The zero-order valence-electron chi connectivity index (χ0n) is 34.6. The van der Waals surface area contributed by atoms with Crippen LogP contribution in [0, 0.1) is 13.8 Å². The Labute approximate surface area is 366 Å². The summed E-state index contributed by atoms with van der Waals surface area (Å²) in [6.45, 7) is 4.43. The van der Waals surface area contributed by atoms with E-state index in [4.69, 9.17) is 20.4 Å². The molecule has 0 radical (unpaired) electrons. The highest BCUT2D eigenvalue weighted by Crippen LogP contribution is 2.63. The van der Waals surface area contributed by atoms with Gasteiger partial charge in [-0.05, 0) is 103 Å². The van der Waals surface area contributed by atoms with Gasteiger partial charge in [0.2, 0.25) is 0 Å². The van der Waals surface area contributed by atoms with Gasteiger partial charge in [0, 0.05) is 85.3 Å². The van der Waals surface area contributed by atoms with Crippen molar-refractivity contribution in [3.05, 3.63) is 210 Å². The smallest absolute Gasteiger partial charge is 0.0958 e. The van der Waals surface area contributed by atoms with Gasteiger partial charge in [-0.15, -0.1) is 0 Å². The molecule has 0 N–H and O–H groups in total. The van der Waals surface area contributed by atoms with Gasteiger partial charge in [-0.2, -0.15) is 40.8 Å². The maximum absolute atomic E-state index is 4.94. The molecule has 64 heavy (non-hydrogen) atoms. The molecule has 2 aliphatic rings. The lowest BCUT2D eigenvalue weighted by Gasteiger charge is -2.24. The van der Waals surface area contributed by atoms with Gasteiger partial charge >= 0.3 is 0 Å². The predicted octanol–water partition coefficient (Wildman–Crippen LogP) is 11.3. The summed E-state index contributed by atoms with van der Waals surface area (Å²) < 4.78 is 4.89. The number of aromatic nitrogens is 10. The maximum atomic E-state index is 4.94. The Morgan fingerprint density at radius 2 is 0.656 bits per heavy atom. The van der Waals surface area contributed by atoms with Crippen LogP contribution in [0.3, 0.4) is 0 Å². The first-order valence-electron chi connectivity index (χ1n) is 21.2. The molecule has 2 aliphatic carbocycles. The molecule has 0 saturated carbocycles. The van der Waals surface area contributed by atoms with E-state index in [1.54, 1.807) is 24.8 Å². The SMILES string of the molecule is Cc1c2c(c(C)c(-c3cccnn3)c1-c1cccnn1)C(n1c3ccccc3c3ccccc31)=C1C(c3cccnn3)=C(c3cccnn3)C(n3c4ccccc4c4ccccc43)=C12. The van der Waals surface area contributed by atoms with E-state index in [0.29, 0.717) is 0 Å². The van der Waals surface area contributed by atoms with Crippen molar-refractivity contribution in [2.75, 3.05) is 0 Å². The number of rotatable bonds is 6. The molecule has 300 valence electrons. The monoisotopic (exact) mass is 822 g/mol. The van der Waals surface area contributed by atoms with Crippen LogP contribution < -0.4 is 0 Å². The van der Waals surface area contributed by atoms with Crippen LogP contribution in [0.2, 0.25) is 0 Å². The van der Waals surface area contributed by atoms with Crippen LogP contribution in [0.25, 0.3) is 94.2 Å². The van der Waals surface area contributed by atoms with Gasteiger partial charge in [-0.1, -0.05) is 72.8 Å². The minimum atomic E-state index is 0.719. The number of nitrogens with zero attached hydrogens (tertiary/aromatic N) is 10. The number of allylic oxidation sites excluding steroid dienone is 5. The van der Waals surface area contributed by atoms with E-state index >= 15 is 0 Å². The Morgan fingerprint density at radius 3 is 1.06 bits per heavy atom. The number of hydrogen-bond acceptors (Lipinski definition) is 8. The molecule has 0 unspecified atom stereocenters. The normalized spacial score (nSPS) is 13.6. The molecule has 0 atom stereocenters. The molecule has 6 heterocycles. The van der Waals surface area contributed by atoms with E-state index in [1.807, 2.05) is 36.4 Å². The summed E-state index contributed by atoms with van der Waals surface area (Å²) in [6, 6.07) is 50.6. The van der Waals surface area contributed by atoms with E-state index < -0.39 is 0 Å². The summed E-state index contributed by atoms with van der Waals surface area (Å²) in [5.74, 6) is 0. The lowest BCUT2D eigenvalue weighted by atomic mass is 9.83. The summed E-state index contributed by atoms with van der Waals surface area (Å²) >= 11 is 0. The third-order valence-corrected chi connectivity index (χ3v) is 12.9. The molecule has 10 heteroatoms. The van der Waals surface area contributed by atoms with E-state index in [9.17, 15) is 0 Å². The second-order valence-electron chi connectivity index (χ2n) is 16.1. The standard InChI is InChI=1S/C54H34N10/c1-31-45(37-19-11-27-55-59-37)46(38-20-12-28-56-60-38)32(2)48-47(31)51-52(53(48)63-41-23-7-3-15-33(41)34-16-4-8-24-42(34)63)49(39-21-13-29-57-61-39)50(40-22-14-30-58-62-40)54(51)64-43-25-9-5-17-35(43)36-18-6-10-26-44(36)64/h3-30H,1-2H3. The van der Waals surface area contributed by atoms with Crippen LogP contribution in [0.1, 0.15) is 33.6 Å². The van der Waals surface area contributed by atoms with Gasteiger partial charge in [-0.3, -0.25) is 0 Å². The predicted molar refractivity (Wildman–Crippen MR) is 253 cm³/mol. The average molecular weight is 823 g/mol. The first-order chi connectivity index (χ1) is 31.7. The van der Waals surface area contributed by atoms with Crippen molar-refractivity contribution in [3.63, 3.8) is 0 Å². The molecule has 5 aromatic carbocycles. The van der Waals surface area contributed by atoms with Crippen molar-refractivity contribution in [2.45, 2.75) is 13.8 Å². The molecule has 0 fully saturated rings. The molecular weight excluding hydrogens is 789 g/mol. The second kappa shape index (κ2) is 13.9. The van der Waals surface area contributed by atoms with E-state index in [2.05, 4.69) is 153 Å². The number of hydrogen-bond donors (Lipinski definition) is 0. The summed E-state index contributed by atoms with van der Waals surface area (Å²) in [7, 11) is 0. The minimum absolute atomic E-state index is 0.719. The zero-order valence-corrected chi connectivity index (χ0v) is 34.6. The Morgan fingerprint density at radius 1 is 0.297 bits per heavy atom.